The Morgan fingerprint density at radius 2 is 2.05 bits per heavy atom. The van der Waals surface area contributed by atoms with Gasteiger partial charge >= 0.3 is 0 Å². The molecule has 0 spiro atoms. The number of furan rings is 1. The van der Waals surface area contributed by atoms with Crippen LogP contribution in [0.2, 0.25) is 0 Å². The van der Waals surface area contributed by atoms with E-state index in [1.165, 1.54) is 0 Å². The summed E-state index contributed by atoms with van der Waals surface area (Å²) in [7, 11) is 0. The molecule has 0 radical (unpaired) electrons. The quantitative estimate of drug-likeness (QED) is 0.880. The lowest BCUT2D eigenvalue weighted by Crippen LogP contribution is -2.27. The van der Waals surface area contributed by atoms with Gasteiger partial charge in [0.2, 0.25) is 5.91 Å². The van der Waals surface area contributed by atoms with Crippen molar-refractivity contribution in [1.29, 1.82) is 0 Å². The molecule has 1 unspecified atom stereocenters. The van der Waals surface area contributed by atoms with Gasteiger partial charge in [-0.15, -0.1) is 0 Å². The second-order valence-electron chi connectivity index (χ2n) is 4.56. The Morgan fingerprint density at radius 1 is 1.30 bits per heavy atom. The number of amides is 1. The second-order valence-corrected chi connectivity index (χ2v) is 4.56. The van der Waals surface area contributed by atoms with Gasteiger partial charge in [-0.2, -0.15) is 0 Å². The van der Waals surface area contributed by atoms with Gasteiger partial charge < -0.3 is 14.5 Å². The maximum absolute atomic E-state index is 11.9. The highest BCUT2D eigenvalue weighted by Crippen LogP contribution is 2.14. The molecule has 0 aliphatic heterocycles. The molecule has 20 heavy (non-hydrogen) atoms. The Bertz CT molecular complexity index is 531. The van der Waals surface area contributed by atoms with Gasteiger partial charge in [0, 0.05) is 0 Å². The van der Waals surface area contributed by atoms with E-state index in [1.807, 2.05) is 50.2 Å². The molecule has 1 aromatic carbocycles. The molecule has 0 aliphatic rings. The zero-order valence-electron chi connectivity index (χ0n) is 11.8. The first kappa shape index (κ1) is 14.2. The summed E-state index contributed by atoms with van der Waals surface area (Å²) in [6.07, 6.45) is 1.95. The Kier molecular flexibility index (Phi) is 4.82. The average Bonchev–Trinajstić information content (AvgIpc) is 2.95. The molecule has 0 saturated carbocycles. The third kappa shape index (κ3) is 3.88. The van der Waals surface area contributed by atoms with E-state index in [0.29, 0.717) is 13.0 Å². The summed E-state index contributed by atoms with van der Waals surface area (Å²) in [5, 5.41) is 2.91. The van der Waals surface area contributed by atoms with Gasteiger partial charge in [-0.25, -0.2) is 0 Å². The van der Waals surface area contributed by atoms with E-state index in [9.17, 15) is 4.79 Å². The van der Waals surface area contributed by atoms with Crippen LogP contribution < -0.4 is 10.1 Å². The van der Waals surface area contributed by atoms with Crippen LogP contribution in [-0.2, 0) is 11.2 Å². The van der Waals surface area contributed by atoms with E-state index in [1.54, 1.807) is 6.26 Å². The number of carbonyl (C=O) groups excluding carboxylic acids is 1. The fourth-order valence-electron chi connectivity index (χ4n) is 1.96. The van der Waals surface area contributed by atoms with Crippen molar-refractivity contribution in [3.05, 3.63) is 54.0 Å². The fourth-order valence-corrected chi connectivity index (χ4v) is 1.96. The van der Waals surface area contributed by atoms with Crippen LogP contribution in [0, 0.1) is 0 Å². The van der Waals surface area contributed by atoms with E-state index < -0.39 is 0 Å². The molecular formula is C16H19NO3. The molecule has 4 heteroatoms. The predicted molar refractivity (Wildman–Crippen MR) is 76.6 cm³/mol. The molecule has 1 heterocycles. The standard InChI is InChI=1S/C16H19NO3/c1-3-19-14-8-6-13(7-9-14)11-16(18)17-12(2)15-5-4-10-20-15/h4-10,12H,3,11H2,1-2H3,(H,17,18). The minimum absolute atomic E-state index is 0.0296. The monoisotopic (exact) mass is 273 g/mol. The van der Waals surface area contributed by atoms with Gasteiger partial charge in [-0.05, 0) is 43.7 Å². The van der Waals surface area contributed by atoms with Gasteiger partial charge in [0.15, 0.2) is 0 Å². The van der Waals surface area contributed by atoms with Crippen molar-refractivity contribution in [2.24, 2.45) is 0 Å². The summed E-state index contributed by atoms with van der Waals surface area (Å²) in [6.45, 7) is 4.48. The molecule has 0 bridgehead atoms. The van der Waals surface area contributed by atoms with E-state index >= 15 is 0 Å². The van der Waals surface area contributed by atoms with Crippen LogP contribution in [0.5, 0.6) is 5.75 Å². The first-order valence-electron chi connectivity index (χ1n) is 6.73. The van der Waals surface area contributed by atoms with Crippen molar-refractivity contribution in [1.82, 2.24) is 5.32 Å². The summed E-state index contributed by atoms with van der Waals surface area (Å²) >= 11 is 0. The number of ether oxygens (including phenoxy) is 1. The largest absolute Gasteiger partial charge is 0.494 e. The maximum Gasteiger partial charge on any atom is 0.224 e. The van der Waals surface area contributed by atoms with Crippen LogP contribution >= 0.6 is 0 Å². The minimum atomic E-state index is -0.125. The zero-order chi connectivity index (χ0) is 14.4. The molecule has 0 saturated heterocycles. The highest BCUT2D eigenvalue weighted by Gasteiger charge is 2.12. The molecule has 1 N–H and O–H groups in total. The SMILES string of the molecule is CCOc1ccc(CC(=O)NC(C)c2ccco2)cc1. The van der Waals surface area contributed by atoms with E-state index in [-0.39, 0.29) is 11.9 Å². The molecule has 2 aromatic rings. The van der Waals surface area contributed by atoms with Crippen LogP contribution in [0.4, 0.5) is 0 Å². The first-order chi connectivity index (χ1) is 9.69. The molecule has 4 nitrogen and oxygen atoms in total. The van der Waals surface area contributed by atoms with Crippen LogP contribution in [0.1, 0.15) is 31.2 Å². The number of rotatable bonds is 6. The molecule has 1 atom stereocenters. The Morgan fingerprint density at radius 3 is 2.65 bits per heavy atom. The predicted octanol–water partition coefficient (Wildman–Crippen LogP) is 3.10. The van der Waals surface area contributed by atoms with Crippen LogP contribution in [0.3, 0.4) is 0 Å². The molecular weight excluding hydrogens is 254 g/mol. The highest BCUT2D eigenvalue weighted by atomic mass is 16.5. The van der Waals surface area contributed by atoms with Crippen molar-refractivity contribution >= 4 is 5.91 Å². The number of hydrogen-bond donors (Lipinski definition) is 1. The van der Waals surface area contributed by atoms with Crippen molar-refractivity contribution in [3.63, 3.8) is 0 Å². The topological polar surface area (TPSA) is 51.5 Å². The lowest BCUT2D eigenvalue weighted by atomic mass is 10.1. The zero-order valence-corrected chi connectivity index (χ0v) is 11.8. The van der Waals surface area contributed by atoms with Crippen LogP contribution in [0.15, 0.2) is 47.1 Å². The van der Waals surface area contributed by atoms with Gasteiger partial charge in [-0.1, -0.05) is 12.1 Å². The Balaban J connectivity index is 1.87. The normalized spacial score (nSPS) is 11.9. The van der Waals surface area contributed by atoms with E-state index in [2.05, 4.69) is 5.32 Å². The van der Waals surface area contributed by atoms with Gasteiger partial charge in [-0.3, -0.25) is 4.79 Å². The summed E-state index contributed by atoms with van der Waals surface area (Å²) in [4.78, 5) is 11.9. The smallest absolute Gasteiger partial charge is 0.224 e. The minimum Gasteiger partial charge on any atom is -0.494 e. The van der Waals surface area contributed by atoms with Crippen molar-refractivity contribution in [2.75, 3.05) is 6.61 Å². The Labute approximate surface area is 118 Å². The molecule has 1 amide bonds. The van der Waals surface area contributed by atoms with Gasteiger partial charge in [0.25, 0.3) is 0 Å². The molecule has 0 aliphatic carbocycles. The third-order valence-corrected chi connectivity index (χ3v) is 2.95. The molecule has 106 valence electrons. The molecule has 2 rings (SSSR count). The lowest BCUT2D eigenvalue weighted by Gasteiger charge is -2.11. The number of benzene rings is 1. The summed E-state index contributed by atoms with van der Waals surface area (Å²) < 4.78 is 10.6. The van der Waals surface area contributed by atoms with Crippen molar-refractivity contribution < 1.29 is 13.9 Å². The second kappa shape index (κ2) is 6.80. The number of hydrogen-bond acceptors (Lipinski definition) is 3. The summed E-state index contributed by atoms with van der Waals surface area (Å²) in [5.74, 6) is 1.55. The van der Waals surface area contributed by atoms with Crippen LogP contribution in [-0.4, -0.2) is 12.5 Å². The van der Waals surface area contributed by atoms with Gasteiger partial charge in [0.1, 0.15) is 11.5 Å². The number of carbonyl (C=O) groups is 1. The Hall–Kier alpha value is -2.23. The lowest BCUT2D eigenvalue weighted by molar-refractivity contribution is -0.121. The van der Waals surface area contributed by atoms with Gasteiger partial charge in [0.05, 0.1) is 25.3 Å². The third-order valence-electron chi connectivity index (χ3n) is 2.95. The van der Waals surface area contributed by atoms with Crippen molar-refractivity contribution in [3.8, 4) is 5.75 Å². The van der Waals surface area contributed by atoms with E-state index in [4.69, 9.17) is 9.15 Å². The number of nitrogens with one attached hydrogen (secondary N) is 1. The highest BCUT2D eigenvalue weighted by molar-refractivity contribution is 5.78. The molecule has 1 aromatic heterocycles. The summed E-state index contributed by atoms with van der Waals surface area (Å²) in [6, 6.07) is 11.1. The van der Waals surface area contributed by atoms with Crippen molar-refractivity contribution in [2.45, 2.75) is 26.3 Å². The summed E-state index contributed by atoms with van der Waals surface area (Å²) in [5.41, 5.74) is 0.956. The van der Waals surface area contributed by atoms with Crippen LogP contribution in [0.25, 0.3) is 0 Å². The fraction of sp³-hybridized carbons (Fsp3) is 0.312. The first-order valence-corrected chi connectivity index (χ1v) is 6.73. The maximum atomic E-state index is 11.9. The van der Waals surface area contributed by atoms with E-state index in [0.717, 1.165) is 17.1 Å². The molecule has 0 fully saturated rings. The average molecular weight is 273 g/mol.